The molecule has 3 rings (SSSR count). The fraction of sp³-hybridized carbons (Fsp3) is 0.333. The Labute approximate surface area is 102 Å². The van der Waals surface area contributed by atoms with Crippen LogP contribution in [0.1, 0.15) is 35.9 Å². The average molecular weight is 278 g/mol. The highest BCUT2D eigenvalue weighted by Gasteiger charge is 2.32. The SMILES string of the molecule is Brc1ccc(C2CC(c3cn[nH]n3)C2)cc1. The number of benzene rings is 1. The number of aromatic nitrogens is 3. The third kappa shape index (κ3) is 1.78. The lowest BCUT2D eigenvalue weighted by atomic mass is 9.70. The van der Waals surface area contributed by atoms with Crippen molar-refractivity contribution in [3.63, 3.8) is 0 Å². The molecule has 0 atom stereocenters. The van der Waals surface area contributed by atoms with Crippen LogP contribution >= 0.6 is 15.9 Å². The van der Waals surface area contributed by atoms with Gasteiger partial charge in [-0.25, -0.2) is 0 Å². The highest BCUT2D eigenvalue weighted by Crippen LogP contribution is 2.46. The van der Waals surface area contributed by atoms with Crippen LogP contribution in [-0.4, -0.2) is 15.4 Å². The first-order chi connectivity index (χ1) is 7.83. The number of nitrogens with zero attached hydrogens (tertiary/aromatic N) is 2. The minimum atomic E-state index is 0.590. The van der Waals surface area contributed by atoms with Gasteiger partial charge in [-0.05, 0) is 36.5 Å². The van der Waals surface area contributed by atoms with E-state index in [1.54, 1.807) is 0 Å². The van der Waals surface area contributed by atoms with Gasteiger partial charge in [-0.1, -0.05) is 28.1 Å². The van der Waals surface area contributed by atoms with E-state index in [1.165, 1.54) is 18.4 Å². The van der Waals surface area contributed by atoms with Crippen molar-refractivity contribution in [1.29, 1.82) is 0 Å². The minimum absolute atomic E-state index is 0.590. The fourth-order valence-electron chi connectivity index (χ4n) is 2.27. The number of hydrogen-bond donors (Lipinski definition) is 1. The molecule has 0 radical (unpaired) electrons. The van der Waals surface area contributed by atoms with Crippen molar-refractivity contribution in [2.75, 3.05) is 0 Å². The summed E-state index contributed by atoms with van der Waals surface area (Å²) in [5.74, 6) is 1.28. The third-order valence-electron chi connectivity index (χ3n) is 3.33. The highest BCUT2D eigenvalue weighted by atomic mass is 79.9. The van der Waals surface area contributed by atoms with Gasteiger partial charge >= 0.3 is 0 Å². The Kier molecular flexibility index (Phi) is 2.52. The zero-order valence-corrected chi connectivity index (χ0v) is 10.3. The van der Waals surface area contributed by atoms with Crippen LogP contribution in [0.2, 0.25) is 0 Å². The first-order valence-electron chi connectivity index (χ1n) is 5.44. The van der Waals surface area contributed by atoms with Crippen LogP contribution in [0, 0.1) is 0 Å². The van der Waals surface area contributed by atoms with Crippen LogP contribution in [0.3, 0.4) is 0 Å². The van der Waals surface area contributed by atoms with E-state index in [0.29, 0.717) is 11.8 Å². The molecule has 0 unspecified atom stereocenters. The molecule has 1 N–H and O–H groups in total. The second-order valence-electron chi connectivity index (χ2n) is 4.31. The summed E-state index contributed by atoms with van der Waals surface area (Å²) in [5.41, 5.74) is 2.54. The maximum Gasteiger partial charge on any atom is 0.0855 e. The van der Waals surface area contributed by atoms with Gasteiger partial charge in [0.05, 0.1) is 11.9 Å². The van der Waals surface area contributed by atoms with Crippen LogP contribution in [0.15, 0.2) is 34.9 Å². The van der Waals surface area contributed by atoms with Gasteiger partial charge < -0.3 is 0 Å². The largest absolute Gasteiger partial charge is 0.198 e. The van der Waals surface area contributed by atoms with E-state index in [2.05, 4.69) is 55.6 Å². The van der Waals surface area contributed by atoms with E-state index in [9.17, 15) is 0 Å². The Hall–Kier alpha value is -1.16. The van der Waals surface area contributed by atoms with Crippen LogP contribution in [0.5, 0.6) is 0 Å². The molecule has 82 valence electrons. The molecule has 0 amide bonds. The summed E-state index contributed by atoms with van der Waals surface area (Å²) in [6.45, 7) is 0. The molecule has 16 heavy (non-hydrogen) atoms. The van der Waals surface area contributed by atoms with Gasteiger partial charge in [0.1, 0.15) is 0 Å². The van der Waals surface area contributed by atoms with Crippen molar-refractivity contribution >= 4 is 15.9 Å². The van der Waals surface area contributed by atoms with Crippen molar-refractivity contribution in [1.82, 2.24) is 15.4 Å². The number of hydrogen-bond acceptors (Lipinski definition) is 2. The Bertz CT molecular complexity index is 458. The minimum Gasteiger partial charge on any atom is -0.198 e. The molecular formula is C12H12BrN3. The summed E-state index contributed by atoms with van der Waals surface area (Å²) >= 11 is 3.46. The Balaban J connectivity index is 1.67. The summed E-state index contributed by atoms with van der Waals surface area (Å²) in [7, 11) is 0. The smallest absolute Gasteiger partial charge is 0.0855 e. The quantitative estimate of drug-likeness (QED) is 0.916. The van der Waals surface area contributed by atoms with E-state index < -0.39 is 0 Å². The molecular weight excluding hydrogens is 266 g/mol. The third-order valence-corrected chi connectivity index (χ3v) is 3.86. The zero-order valence-electron chi connectivity index (χ0n) is 8.73. The molecule has 1 fully saturated rings. The van der Waals surface area contributed by atoms with Gasteiger partial charge in [-0.3, -0.25) is 0 Å². The normalized spacial score (nSPS) is 24.1. The predicted octanol–water partition coefficient (Wildman–Crippen LogP) is 3.23. The lowest BCUT2D eigenvalue weighted by Crippen LogP contribution is -2.20. The molecule has 1 aliphatic carbocycles. The predicted molar refractivity (Wildman–Crippen MR) is 65.2 cm³/mol. The molecule has 4 heteroatoms. The summed E-state index contributed by atoms with van der Waals surface area (Å²) < 4.78 is 1.14. The van der Waals surface area contributed by atoms with Gasteiger partial charge in [0.25, 0.3) is 0 Å². The maximum atomic E-state index is 4.14. The Morgan fingerprint density at radius 3 is 2.50 bits per heavy atom. The average Bonchev–Trinajstić information content (AvgIpc) is 2.72. The van der Waals surface area contributed by atoms with E-state index in [-0.39, 0.29) is 0 Å². The summed E-state index contributed by atoms with van der Waals surface area (Å²) in [6.07, 6.45) is 4.21. The van der Waals surface area contributed by atoms with Gasteiger partial charge in [0, 0.05) is 10.4 Å². The van der Waals surface area contributed by atoms with E-state index >= 15 is 0 Å². The van der Waals surface area contributed by atoms with Gasteiger partial charge in [-0.2, -0.15) is 15.4 Å². The molecule has 3 nitrogen and oxygen atoms in total. The molecule has 2 aromatic rings. The molecule has 1 heterocycles. The lowest BCUT2D eigenvalue weighted by Gasteiger charge is -2.34. The molecule has 1 aliphatic rings. The topological polar surface area (TPSA) is 41.6 Å². The standard InChI is InChI=1S/C12H12BrN3/c13-11-3-1-8(2-4-11)9-5-10(6-9)12-7-14-16-15-12/h1-4,7,9-10H,5-6H2,(H,14,15,16). The van der Waals surface area contributed by atoms with Gasteiger partial charge in [0.15, 0.2) is 0 Å². The fourth-order valence-corrected chi connectivity index (χ4v) is 2.54. The number of aromatic amines is 1. The Morgan fingerprint density at radius 1 is 1.12 bits per heavy atom. The summed E-state index contributed by atoms with van der Waals surface area (Å²) in [5, 5.41) is 10.7. The number of halogens is 1. The van der Waals surface area contributed by atoms with E-state index in [1.807, 2.05) is 6.20 Å². The van der Waals surface area contributed by atoms with Crippen molar-refractivity contribution in [3.05, 3.63) is 46.2 Å². The summed E-state index contributed by atoms with van der Waals surface area (Å²) in [4.78, 5) is 0. The molecule has 0 spiro atoms. The van der Waals surface area contributed by atoms with E-state index in [4.69, 9.17) is 0 Å². The second-order valence-corrected chi connectivity index (χ2v) is 5.23. The second kappa shape index (κ2) is 4.01. The van der Waals surface area contributed by atoms with Crippen molar-refractivity contribution in [2.24, 2.45) is 0 Å². The van der Waals surface area contributed by atoms with Crippen molar-refractivity contribution in [2.45, 2.75) is 24.7 Å². The first kappa shape index (κ1) is 10.0. The number of H-pyrrole nitrogens is 1. The van der Waals surface area contributed by atoms with Crippen LogP contribution in [-0.2, 0) is 0 Å². The first-order valence-corrected chi connectivity index (χ1v) is 6.23. The van der Waals surface area contributed by atoms with Crippen molar-refractivity contribution < 1.29 is 0 Å². The molecule has 1 saturated carbocycles. The summed E-state index contributed by atoms with van der Waals surface area (Å²) in [6, 6.07) is 8.62. The van der Waals surface area contributed by atoms with Crippen LogP contribution in [0.4, 0.5) is 0 Å². The molecule has 1 aromatic heterocycles. The van der Waals surface area contributed by atoms with Crippen LogP contribution in [0.25, 0.3) is 0 Å². The maximum absolute atomic E-state index is 4.14. The molecule has 0 bridgehead atoms. The van der Waals surface area contributed by atoms with Crippen molar-refractivity contribution in [3.8, 4) is 0 Å². The van der Waals surface area contributed by atoms with Crippen LogP contribution < -0.4 is 0 Å². The monoisotopic (exact) mass is 277 g/mol. The molecule has 1 aromatic carbocycles. The molecule has 0 aliphatic heterocycles. The zero-order chi connectivity index (χ0) is 11.0. The van der Waals surface area contributed by atoms with E-state index in [0.717, 1.165) is 10.2 Å². The highest BCUT2D eigenvalue weighted by molar-refractivity contribution is 9.10. The van der Waals surface area contributed by atoms with Gasteiger partial charge in [-0.15, -0.1) is 0 Å². The number of nitrogens with one attached hydrogen (secondary N) is 1. The Morgan fingerprint density at radius 2 is 1.88 bits per heavy atom. The molecule has 0 saturated heterocycles. The lowest BCUT2D eigenvalue weighted by molar-refractivity contribution is 0.345. The number of rotatable bonds is 2. The van der Waals surface area contributed by atoms with Gasteiger partial charge in [0.2, 0.25) is 0 Å².